The molecule has 1 aromatic rings. The highest BCUT2D eigenvalue weighted by atomic mass is 79.9. The summed E-state index contributed by atoms with van der Waals surface area (Å²) in [7, 11) is 0. The van der Waals surface area contributed by atoms with Crippen LogP contribution in [0.25, 0.3) is 0 Å². The number of hydrogen-bond donors (Lipinski definition) is 0. The van der Waals surface area contributed by atoms with Crippen LogP contribution in [0.3, 0.4) is 0 Å². The van der Waals surface area contributed by atoms with E-state index in [0.717, 1.165) is 3.79 Å². The molecule has 0 N–H and O–H groups in total. The normalized spacial score (nSPS) is 9.90. The van der Waals surface area contributed by atoms with Crippen molar-refractivity contribution in [3.63, 3.8) is 0 Å². The van der Waals surface area contributed by atoms with E-state index in [1.807, 2.05) is 0 Å². The van der Waals surface area contributed by atoms with Crippen LogP contribution in [0.15, 0.2) is 9.85 Å². The summed E-state index contributed by atoms with van der Waals surface area (Å²) in [4.78, 5) is 10.8. The summed E-state index contributed by atoms with van der Waals surface area (Å²) < 4.78 is 1.45. The number of hydrogen-bond acceptors (Lipinski definition) is 2. The third-order valence-corrected chi connectivity index (χ3v) is 3.00. The number of Topliss-reactive ketones (excluding diaryl/α,β-unsaturated/α-hetero) is 1. The fraction of sp³-hybridized carbons (Fsp3) is 0.167. The Hall–Kier alpha value is 0.140. The lowest BCUT2D eigenvalue weighted by atomic mass is 10.2. The molecular formula is C6H4BrClOS. The fourth-order valence-electron chi connectivity index (χ4n) is 0.580. The van der Waals surface area contributed by atoms with Crippen molar-refractivity contribution >= 4 is 44.7 Å². The number of halogens is 2. The first-order valence-corrected chi connectivity index (χ1v) is 4.56. The molecule has 0 saturated heterocycles. The molecule has 0 aromatic carbocycles. The van der Waals surface area contributed by atoms with Crippen molar-refractivity contribution in [1.29, 1.82) is 0 Å². The Bertz CT molecular complexity index is 269. The smallest absolute Gasteiger partial charge is 0.161 e. The molecule has 0 aliphatic heterocycles. The van der Waals surface area contributed by atoms with Crippen LogP contribution in [0.5, 0.6) is 0 Å². The van der Waals surface area contributed by atoms with E-state index in [1.165, 1.54) is 18.3 Å². The summed E-state index contributed by atoms with van der Waals surface area (Å²) >= 11 is 10.2. The van der Waals surface area contributed by atoms with E-state index in [9.17, 15) is 4.79 Å². The standard InChI is InChI=1S/C6H4BrClOS/c1-3(9)4-2-5(8)10-6(4)7/h2H,1H3. The van der Waals surface area contributed by atoms with E-state index in [-0.39, 0.29) is 5.78 Å². The van der Waals surface area contributed by atoms with Gasteiger partial charge in [0.1, 0.15) is 0 Å². The zero-order chi connectivity index (χ0) is 7.72. The van der Waals surface area contributed by atoms with Gasteiger partial charge in [-0.2, -0.15) is 0 Å². The number of rotatable bonds is 1. The minimum Gasteiger partial charge on any atom is -0.294 e. The molecule has 0 saturated carbocycles. The van der Waals surface area contributed by atoms with Gasteiger partial charge in [0.25, 0.3) is 0 Å². The van der Waals surface area contributed by atoms with E-state index in [2.05, 4.69) is 15.9 Å². The molecule has 0 aliphatic carbocycles. The van der Waals surface area contributed by atoms with Crippen molar-refractivity contribution in [3.8, 4) is 0 Å². The monoisotopic (exact) mass is 238 g/mol. The van der Waals surface area contributed by atoms with Gasteiger partial charge in [-0.25, -0.2) is 0 Å². The summed E-state index contributed by atoms with van der Waals surface area (Å²) in [6, 6.07) is 1.67. The molecule has 1 heterocycles. The highest BCUT2D eigenvalue weighted by Crippen LogP contribution is 2.31. The second-order valence-electron chi connectivity index (χ2n) is 1.79. The molecule has 0 atom stereocenters. The lowest BCUT2D eigenvalue weighted by molar-refractivity contribution is 0.101. The topological polar surface area (TPSA) is 17.1 Å². The molecule has 54 valence electrons. The quantitative estimate of drug-likeness (QED) is 0.687. The van der Waals surface area contributed by atoms with Crippen molar-refractivity contribution in [2.45, 2.75) is 6.92 Å². The zero-order valence-corrected chi connectivity index (χ0v) is 8.31. The molecule has 0 aliphatic rings. The largest absolute Gasteiger partial charge is 0.294 e. The lowest BCUT2D eigenvalue weighted by Crippen LogP contribution is -1.87. The SMILES string of the molecule is CC(=O)c1cc(Cl)sc1Br. The van der Waals surface area contributed by atoms with Gasteiger partial charge in [-0.3, -0.25) is 4.79 Å². The molecular weight excluding hydrogens is 235 g/mol. The Balaban J connectivity index is 3.15. The number of carbonyl (C=O) groups excluding carboxylic acids is 1. The minimum atomic E-state index is 0.0371. The molecule has 1 aromatic heterocycles. The summed E-state index contributed by atoms with van der Waals surface area (Å²) in [6.07, 6.45) is 0. The molecule has 0 fully saturated rings. The molecule has 0 bridgehead atoms. The van der Waals surface area contributed by atoms with E-state index < -0.39 is 0 Å². The molecule has 1 nitrogen and oxygen atoms in total. The highest BCUT2D eigenvalue weighted by Gasteiger charge is 2.08. The maximum absolute atomic E-state index is 10.8. The van der Waals surface area contributed by atoms with Crippen LogP contribution in [-0.4, -0.2) is 5.78 Å². The van der Waals surface area contributed by atoms with Gasteiger partial charge >= 0.3 is 0 Å². The molecule has 0 amide bonds. The van der Waals surface area contributed by atoms with Gasteiger partial charge in [-0.1, -0.05) is 11.6 Å². The molecule has 4 heteroatoms. The van der Waals surface area contributed by atoms with Gasteiger partial charge in [0.15, 0.2) is 5.78 Å². The second-order valence-corrected chi connectivity index (χ2v) is 4.80. The van der Waals surface area contributed by atoms with Crippen LogP contribution in [0, 0.1) is 0 Å². The second kappa shape index (κ2) is 3.03. The molecule has 10 heavy (non-hydrogen) atoms. The first kappa shape index (κ1) is 8.24. The Morgan fingerprint density at radius 2 is 2.40 bits per heavy atom. The van der Waals surface area contributed by atoms with E-state index in [0.29, 0.717) is 9.90 Å². The van der Waals surface area contributed by atoms with Crippen molar-refractivity contribution in [2.75, 3.05) is 0 Å². The molecule has 0 spiro atoms. The Labute approximate surface area is 76.1 Å². The first-order chi connectivity index (χ1) is 4.61. The third kappa shape index (κ3) is 1.59. The Kier molecular flexibility index (Phi) is 2.50. The van der Waals surface area contributed by atoms with Crippen molar-refractivity contribution < 1.29 is 4.79 Å². The first-order valence-electron chi connectivity index (χ1n) is 2.57. The number of ketones is 1. The number of thiophene rings is 1. The number of carbonyl (C=O) groups is 1. The van der Waals surface area contributed by atoms with Crippen LogP contribution in [0.1, 0.15) is 17.3 Å². The van der Waals surface area contributed by atoms with E-state index >= 15 is 0 Å². The van der Waals surface area contributed by atoms with E-state index in [4.69, 9.17) is 11.6 Å². The molecule has 1 rings (SSSR count). The Morgan fingerprint density at radius 1 is 1.80 bits per heavy atom. The van der Waals surface area contributed by atoms with Gasteiger partial charge < -0.3 is 0 Å². The van der Waals surface area contributed by atoms with Gasteiger partial charge in [0, 0.05) is 5.56 Å². The van der Waals surface area contributed by atoms with Crippen LogP contribution >= 0.6 is 38.9 Å². The fourth-order valence-corrected chi connectivity index (χ4v) is 2.78. The molecule has 0 unspecified atom stereocenters. The van der Waals surface area contributed by atoms with Crippen LogP contribution in [0.2, 0.25) is 4.34 Å². The summed E-state index contributed by atoms with van der Waals surface area (Å²) in [5, 5.41) is 0. The summed E-state index contributed by atoms with van der Waals surface area (Å²) in [5.74, 6) is 0.0371. The Morgan fingerprint density at radius 3 is 2.60 bits per heavy atom. The van der Waals surface area contributed by atoms with Crippen LogP contribution < -0.4 is 0 Å². The van der Waals surface area contributed by atoms with Gasteiger partial charge in [0.05, 0.1) is 8.12 Å². The minimum absolute atomic E-state index is 0.0371. The third-order valence-electron chi connectivity index (χ3n) is 1.04. The van der Waals surface area contributed by atoms with Crippen molar-refractivity contribution in [2.24, 2.45) is 0 Å². The predicted molar refractivity (Wildman–Crippen MR) is 47.0 cm³/mol. The van der Waals surface area contributed by atoms with Crippen LogP contribution in [-0.2, 0) is 0 Å². The lowest BCUT2D eigenvalue weighted by Gasteiger charge is -1.85. The average Bonchev–Trinajstić information content (AvgIpc) is 2.10. The van der Waals surface area contributed by atoms with Gasteiger partial charge in [0.2, 0.25) is 0 Å². The predicted octanol–water partition coefficient (Wildman–Crippen LogP) is 3.37. The highest BCUT2D eigenvalue weighted by molar-refractivity contribution is 9.11. The van der Waals surface area contributed by atoms with Crippen molar-refractivity contribution in [1.82, 2.24) is 0 Å². The molecule has 0 radical (unpaired) electrons. The summed E-state index contributed by atoms with van der Waals surface area (Å²) in [6.45, 7) is 1.52. The average molecular weight is 240 g/mol. The maximum atomic E-state index is 10.8. The van der Waals surface area contributed by atoms with Gasteiger partial charge in [-0.05, 0) is 28.9 Å². The van der Waals surface area contributed by atoms with Crippen LogP contribution in [0.4, 0.5) is 0 Å². The van der Waals surface area contributed by atoms with Crippen molar-refractivity contribution in [3.05, 3.63) is 19.8 Å². The van der Waals surface area contributed by atoms with Gasteiger partial charge in [-0.15, -0.1) is 11.3 Å². The zero-order valence-electron chi connectivity index (χ0n) is 5.15. The maximum Gasteiger partial charge on any atom is 0.161 e. The summed E-state index contributed by atoms with van der Waals surface area (Å²) in [5.41, 5.74) is 0.662. The van der Waals surface area contributed by atoms with E-state index in [1.54, 1.807) is 6.07 Å².